The monoisotopic (exact) mass is 247 g/mol. The molecule has 5 heteroatoms. The van der Waals surface area contributed by atoms with E-state index in [1.54, 1.807) is 0 Å². The summed E-state index contributed by atoms with van der Waals surface area (Å²) in [6.07, 6.45) is 2.10. The van der Waals surface area contributed by atoms with Gasteiger partial charge in [-0.15, -0.1) is 0 Å². The second-order valence-corrected chi connectivity index (χ2v) is 4.32. The molecule has 1 amide bonds. The number of esters is 1. The Labute approximate surface area is 103 Å². The van der Waals surface area contributed by atoms with Crippen molar-refractivity contribution in [2.24, 2.45) is 5.92 Å². The Hall–Kier alpha value is -0.710. The lowest BCUT2D eigenvalue weighted by molar-refractivity contribution is -0.148. The number of rotatable bonds is 7. The summed E-state index contributed by atoms with van der Waals surface area (Å²) >= 11 is 4.00. The van der Waals surface area contributed by atoms with E-state index in [2.05, 4.69) is 24.9 Å². The van der Waals surface area contributed by atoms with Crippen molar-refractivity contribution in [3.8, 4) is 0 Å². The van der Waals surface area contributed by atoms with Gasteiger partial charge in [0.1, 0.15) is 6.04 Å². The van der Waals surface area contributed by atoms with Gasteiger partial charge in [0.2, 0.25) is 5.91 Å². The summed E-state index contributed by atoms with van der Waals surface area (Å²) in [6, 6.07) is -0.644. The molecule has 0 aliphatic carbocycles. The first-order valence-electron chi connectivity index (χ1n) is 5.55. The smallest absolute Gasteiger partial charge is 0.329 e. The molecule has 1 unspecified atom stereocenters. The molecular formula is C11H21NO3S. The molecule has 0 aromatic carbocycles. The zero-order valence-electron chi connectivity index (χ0n) is 10.2. The standard InChI is InChI=1S/C11H21NO3S/c1-4-5-8(2)6-15-11(14)10(7-16)12-9(3)13/h8,10,16H,4-7H2,1-3H3,(H,12,13)/t8?,10-/m0/s1. The number of thiol groups is 1. The van der Waals surface area contributed by atoms with Gasteiger partial charge in [-0.25, -0.2) is 4.79 Å². The van der Waals surface area contributed by atoms with Gasteiger partial charge in [0.05, 0.1) is 6.61 Å². The lowest BCUT2D eigenvalue weighted by Gasteiger charge is -2.16. The molecule has 0 aliphatic heterocycles. The van der Waals surface area contributed by atoms with E-state index < -0.39 is 12.0 Å². The maximum atomic E-state index is 11.5. The van der Waals surface area contributed by atoms with Crippen LogP contribution in [0.3, 0.4) is 0 Å². The topological polar surface area (TPSA) is 55.4 Å². The molecule has 0 radical (unpaired) electrons. The molecule has 0 aliphatic rings. The van der Waals surface area contributed by atoms with Crippen molar-refractivity contribution in [2.45, 2.75) is 39.7 Å². The van der Waals surface area contributed by atoms with Gasteiger partial charge in [-0.3, -0.25) is 4.79 Å². The maximum Gasteiger partial charge on any atom is 0.329 e. The largest absolute Gasteiger partial charge is 0.464 e. The van der Waals surface area contributed by atoms with Crippen molar-refractivity contribution in [1.82, 2.24) is 5.32 Å². The molecule has 2 atom stereocenters. The third-order valence-electron chi connectivity index (χ3n) is 2.14. The number of carbonyl (C=O) groups is 2. The van der Waals surface area contributed by atoms with Crippen LogP contribution >= 0.6 is 12.6 Å². The van der Waals surface area contributed by atoms with Crippen LogP contribution in [-0.2, 0) is 14.3 Å². The van der Waals surface area contributed by atoms with Gasteiger partial charge in [-0.1, -0.05) is 20.3 Å². The Kier molecular flexibility index (Phi) is 8.07. The van der Waals surface area contributed by atoms with Crippen LogP contribution < -0.4 is 5.32 Å². The summed E-state index contributed by atoms with van der Waals surface area (Å²) in [4.78, 5) is 22.3. The minimum Gasteiger partial charge on any atom is -0.464 e. The van der Waals surface area contributed by atoms with Gasteiger partial charge in [0.15, 0.2) is 0 Å². The van der Waals surface area contributed by atoms with Crippen molar-refractivity contribution in [3.05, 3.63) is 0 Å². The zero-order valence-corrected chi connectivity index (χ0v) is 11.0. The van der Waals surface area contributed by atoms with E-state index >= 15 is 0 Å². The van der Waals surface area contributed by atoms with E-state index in [1.807, 2.05) is 6.92 Å². The quantitative estimate of drug-likeness (QED) is 0.528. The number of ether oxygens (including phenoxy) is 1. The predicted octanol–water partition coefficient (Wildman–Crippen LogP) is 1.40. The minimum atomic E-state index is -0.644. The normalized spacial score (nSPS) is 14.0. The molecular weight excluding hydrogens is 226 g/mol. The van der Waals surface area contributed by atoms with E-state index in [4.69, 9.17) is 4.74 Å². The Morgan fingerprint density at radius 1 is 1.44 bits per heavy atom. The van der Waals surface area contributed by atoms with Crippen molar-refractivity contribution in [2.75, 3.05) is 12.4 Å². The van der Waals surface area contributed by atoms with Crippen molar-refractivity contribution >= 4 is 24.5 Å². The van der Waals surface area contributed by atoms with Gasteiger partial charge < -0.3 is 10.1 Å². The van der Waals surface area contributed by atoms with E-state index in [1.165, 1.54) is 6.92 Å². The first-order chi connectivity index (χ1) is 7.51. The molecule has 0 aromatic heterocycles. The first-order valence-corrected chi connectivity index (χ1v) is 6.19. The lowest BCUT2D eigenvalue weighted by Crippen LogP contribution is -2.42. The van der Waals surface area contributed by atoms with E-state index in [9.17, 15) is 9.59 Å². The third kappa shape index (κ3) is 6.71. The van der Waals surface area contributed by atoms with Crippen LogP contribution in [0.25, 0.3) is 0 Å². The molecule has 0 spiro atoms. The summed E-state index contributed by atoms with van der Waals surface area (Å²) in [5.74, 6) is -0.0572. The summed E-state index contributed by atoms with van der Waals surface area (Å²) in [5, 5.41) is 2.50. The molecule has 0 bridgehead atoms. The van der Waals surface area contributed by atoms with Crippen LogP contribution in [0, 0.1) is 5.92 Å². The van der Waals surface area contributed by atoms with Crippen molar-refractivity contribution < 1.29 is 14.3 Å². The van der Waals surface area contributed by atoms with E-state index in [-0.39, 0.29) is 11.7 Å². The van der Waals surface area contributed by atoms with Gasteiger partial charge in [0, 0.05) is 12.7 Å². The van der Waals surface area contributed by atoms with Crippen LogP contribution in [0.1, 0.15) is 33.6 Å². The zero-order chi connectivity index (χ0) is 12.6. The Morgan fingerprint density at radius 3 is 2.50 bits per heavy atom. The van der Waals surface area contributed by atoms with E-state index in [0.717, 1.165) is 12.8 Å². The number of carbonyl (C=O) groups excluding carboxylic acids is 2. The van der Waals surface area contributed by atoms with Gasteiger partial charge >= 0.3 is 5.97 Å². The molecule has 0 saturated carbocycles. The molecule has 16 heavy (non-hydrogen) atoms. The number of amides is 1. The Bertz CT molecular complexity index is 233. The first kappa shape index (κ1) is 15.3. The van der Waals surface area contributed by atoms with Crippen LogP contribution in [-0.4, -0.2) is 30.3 Å². The third-order valence-corrected chi connectivity index (χ3v) is 2.50. The highest BCUT2D eigenvalue weighted by Gasteiger charge is 2.19. The van der Waals surface area contributed by atoms with E-state index in [0.29, 0.717) is 12.5 Å². The maximum absolute atomic E-state index is 11.5. The number of hydrogen-bond acceptors (Lipinski definition) is 4. The molecule has 0 heterocycles. The summed E-state index contributed by atoms with van der Waals surface area (Å²) in [7, 11) is 0. The Morgan fingerprint density at radius 2 is 2.06 bits per heavy atom. The summed E-state index contributed by atoms with van der Waals surface area (Å²) < 4.78 is 5.11. The fourth-order valence-corrected chi connectivity index (χ4v) is 1.57. The minimum absolute atomic E-state index is 0.251. The molecule has 1 N–H and O–H groups in total. The lowest BCUT2D eigenvalue weighted by atomic mass is 10.1. The van der Waals surface area contributed by atoms with Crippen LogP contribution in [0.4, 0.5) is 0 Å². The van der Waals surface area contributed by atoms with Gasteiger partial charge in [-0.05, 0) is 12.3 Å². The van der Waals surface area contributed by atoms with Crippen molar-refractivity contribution in [1.29, 1.82) is 0 Å². The second-order valence-electron chi connectivity index (χ2n) is 3.96. The van der Waals surface area contributed by atoms with Crippen LogP contribution in [0.15, 0.2) is 0 Å². The predicted molar refractivity (Wildman–Crippen MR) is 66.5 cm³/mol. The van der Waals surface area contributed by atoms with Gasteiger partial charge in [-0.2, -0.15) is 12.6 Å². The highest BCUT2D eigenvalue weighted by molar-refractivity contribution is 7.80. The molecule has 0 fully saturated rings. The highest BCUT2D eigenvalue weighted by Crippen LogP contribution is 2.06. The molecule has 4 nitrogen and oxygen atoms in total. The molecule has 0 saturated heterocycles. The fourth-order valence-electron chi connectivity index (χ4n) is 1.33. The average molecular weight is 247 g/mol. The SMILES string of the molecule is CCCC(C)COC(=O)[C@H](CS)NC(C)=O. The molecule has 0 aromatic rings. The van der Waals surface area contributed by atoms with Crippen molar-refractivity contribution in [3.63, 3.8) is 0 Å². The summed E-state index contributed by atoms with van der Waals surface area (Å²) in [5.41, 5.74) is 0. The highest BCUT2D eigenvalue weighted by atomic mass is 32.1. The fraction of sp³-hybridized carbons (Fsp3) is 0.818. The molecule has 94 valence electrons. The average Bonchev–Trinajstić information content (AvgIpc) is 2.22. The molecule has 0 rings (SSSR count). The Balaban J connectivity index is 3.97. The van der Waals surface area contributed by atoms with Gasteiger partial charge in [0.25, 0.3) is 0 Å². The van der Waals surface area contributed by atoms with Crippen LogP contribution in [0.5, 0.6) is 0 Å². The number of hydrogen-bond donors (Lipinski definition) is 2. The van der Waals surface area contributed by atoms with Crippen LogP contribution in [0.2, 0.25) is 0 Å². The second kappa shape index (κ2) is 8.44. The summed E-state index contributed by atoms with van der Waals surface area (Å²) in [6.45, 7) is 5.89. The number of nitrogens with one attached hydrogen (secondary N) is 1.